The molecule has 2 atom stereocenters. The molecule has 0 spiro atoms. The van der Waals surface area contributed by atoms with Crippen LogP contribution in [0.1, 0.15) is 42.2 Å². The number of ether oxygens (including phenoxy) is 6. The van der Waals surface area contributed by atoms with Crippen molar-refractivity contribution in [3.8, 4) is 17.2 Å². The molecule has 9 nitrogen and oxygen atoms in total. The van der Waals surface area contributed by atoms with Crippen molar-refractivity contribution in [2.24, 2.45) is 0 Å². The largest absolute Gasteiger partial charge is 0.486 e. The van der Waals surface area contributed by atoms with E-state index in [1.54, 1.807) is 17.0 Å². The third-order valence-corrected chi connectivity index (χ3v) is 7.66. The molecule has 1 fully saturated rings. The number of halogens is 2. The number of benzene rings is 2. The lowest BCUT2D eigenvalue weighted by Crippen LogP contribution is -2.35. The zero-order valence-corrected chi connectivity index (χ0v) is 24.2. The molecular formula is C30H30Cl2N2O7. The van der Waals surface area contributed by atoms with Crippen LogP contribution in [0, 0.1) is 0 Å². The summed E-state index contributed by atoms with van der Waals surface area (Å²) < 4.78 is 35.1. The van der Waals surface area contributed by atoms with Gasteiger partial charge in [-0.2, -0.15) is 0 Å². The van der Waals surface area contributed by atoms with Gasteiger partial charge in [0.25, 0.3) is 0 Å². The van der Waals surface area contributed by atoms with Gasteiger partial charge in [-0.3, -0.25) is 0 Å². The van der Waals surface area contributed by atoms with Gasteiger partial charge < -0.3 is 33.3 Å². The number of hydrogen-bond donors (Lipinski definition) is 0. The number of aromatic nitrogens is 1. The maximum atomic E-state index is 12.6. The molecule has 0 bridgehead atoms. The van der Waals surface area contributed by atoms with Crippen molar-refractivity contribution in [3.63, 3.8) is 0 Å². The second kappa shape index (κ2) is 11.6. The van der Waals surface area contributed by atoms with Crippen LogP contribution in [-0.2, 0) is 33.8 Å². The normalized spacial score (nSPS) is 20.8. The first kappa shape index (κ1) is 27.9. The van der Waals surface area contributed by atoms with Gasteiger partial charge in [0.2, 0.25) is 5.79 Å². The monoisotopic (exact) mass is 600 g/mol. The molecule has 1 saturated heterocycles. The zero-order valence-electron chi connectivity index (χ0n) is 22.7. The Balaban J connectivity index is 1.01. The number of hydrogen-bond acceptors (Lipinski definition) is 8. The molecule has 0 saturated carbocycles. The highest BCUT2D eigenvalue weighted by Crippen LogP contribution is 2.36. The van der Waals surface area contributed by atoms with E-state index in [0.29, 0.717) is 61.1 Å². The lowest BCUT2D eigenvalue weighted by Gasteiger charge is -2.32. The molecule has 0 N–H and O–H groups in total. The van der Waals surface area contributed by atoms with Crippen LogP contribution in [0.5, 0.6) is 17.2 Å². The first-order chi connectivity index (χ1) is 19.7. The summed E-state index contributed by atoms with van der Waals surface area (Å²) in [4.78, 5) is 18.4. The molecule has 0 aliphatic carbocycles. The highest BCUT2D eigenvalue weighted by atomic mass is 35.5. The number of amides is 1. The predicted octanol–water partition coefficient (Wildman–Crippen LogP) is 6.13. The van der Waals surface area contributed by atoms with Gasteiger partial charge >= 0.3 is 6.09 Å². The van der Waals surface area contributed by atoms with Crippen LogP contribution in [0.15, 0.2) is 48.5 Å². The summed E-state index contributed by atoms with van der Waals surface area (Å²) in [5.41, 5.74) is 3.64. The average Bonchev–Trinajstić information content (AvgIpc) is 3.32. The maximum absolute atomic E-state index is 12.6. The van der Waals surface area contributed by atoms with E-state index in [0.717, 1.165) is 28.0 Å². The minimum atomic E-state index is -0.654. The Morgan fingerprint density at radius 3 is 2.76 bits per heavy atom. The summed E-state index contributed by atoms with van der Waals surface area (Å²) in [7, 11) is 0. The maximum Gasteiger partial charge on any atom is 0.410 e. The average molecular weight is 601 g/mol. The van der Waals surface area contributed by atoms with Crippen molar-refractivity contribution >= 4 is 29.3 Å². The van der Waals surface area contributed by atoms with Crippen molar-refractivity contribution in [3.05, 3.63) is 81.1 Å². The summed E-state index contributed by atoms with van der Waals surface area (Å²) >= 11 is 12.0. The molecular weight excluding hydrogens is 571 g/mol. The highest BCUT2D eigenvalue weighted by Gasteiger charge is 2.34. The van der Waals surface area contributed by atoms with Crippen LogP contribution in [0.3, 0.4) is 0 Å². The first-order valence-electron chi connectivity index (χ1n) is 13.4. The van der Waals surface area contributed by atoms with Gasteiger partial charge in [0.15, 0.2) is 17.6 Å². The minimum absolute atomic E-state index is 0.274. The van der Waals surface area contributed by atoms with E-state index in [1.165, 1.54) is 0 Å². The molecule has 41 heavy (non-hydrogen) atoms. The van der Waals surface area contributed by atoms with Gasteiger partial charge in [0, 0.05) is 31.5 Å². The Bertz CT molecular complexity index is 1450. The molecule has 3 aliphatic heterocycles. The van der Waals surface area contributed by atoms with Gasteiger partial charge in [0.05, 0.1) is 26.4 Å². The highest BCUT2D eigenvalue weighted by molar-refractivity contribution is 6.32. The fraction of sp³-hybridized carbons (Fsp3) is 0.400. The van der Waals surface area contributed by atoms with Crippen LogP contribution in [0.25, 0.3) is 0 Å². The van der Waals surface area contributed by atoms with E-state index >= 15 is 0 Å². The van der Waals surface area contributed by atoms with E-state index < -0.39 is 5.79 Å². The molecule has 0 unspecified atom stereocenters. The molecule has 6 rings (SSSR count). The zero-order chi connectivity index (χ0) is 28.6. The van der Waals surface area contributed by atoms with Gasteiger partial charge in [-0.15, -0.1) is 0 Å². The number of carbonyl (C=O) groups excluding carboxylic acids is 1. The molecule has 3 aromatic rings. The quantitative estimate of drug-likeness (QED) is 0.285. The van der Waals surface area contributed by atoms with Crippen molar-refractivity contribution in [1.29, 1.82) is 0 Å². The van der Waals surface area contributed by atoms with Gasteiger partial charge in [-0.25, -0.2) is 9.78 Å². The molecule has 3 aliphatic rings. The minimum Gasteiger partial charge on any atom is -0.486 e. The van der Waals surface area contributed by atoms with E-state index in [-0.39, 0.29) is 24.9 Å². The van der Waals surface area contributed by atoms with E-state index in [4.69, 9.17) is 51.6 Å². The van der Waals surface area contributed by atoms with Gasteiger partial charge in [-0.1, -0.05) is 41.4 Å². The first-order valence-corrected chi connectivity index (χ1v) is 14.2. The smallest absolute Gasteiger partial charge is 0.410 e. The number of fused-ring (bicyclic) bond motifs is 2. The molecule has 4 heterocycles. The fourth-order valence-electron chi connectivity index (χ4n) is 4.93. The summed E-state index contributed by atoms with van der Waals surface area (Å²) in [6, 6.07) is 15.1. The summed E-state index contributed by atoms with van der Waals surface area (Å²) in [6.07, 6.45) is -0.304. The van der Waals surface area contributed by atoms with Gasteiger partial charge in [-0.05, 0) is 47.9 Å². The summed E-state index contributed by atoms with van der Waals surface area (Å²) in [5, 5.41) is 0.652. The van der Waals surface area contributed by atoms with Crippen molar-refractivity contribution in [2.75, 3.05) is 26.3 Å². The standard InChI is InChI=1S/C30H30Cl2N2O7/c1-30(2)38-15-21-12-19(4-7-23(21)41-30)26-13-34(29(35)40-26)10-9-18-3-6-24-25(11-18)39-22(17-37-24)16-36-14-20-5-8-27(31)33-28(20)32/h3-8,11-12,22,26H,9-10,13-17H2,1-2H3/t22-,26+/m1/s1. The number of cyclic esters (lactones) is 1. The SMILES string of the molecule is CC1(C)OCc2cc([C@@H]3CN(CCc4ccc5c(c4)O[C@H](COCc4ccc(Cl)nc4Cl)CO5)C(=O)O3)ccc2O1. The molecule has 11 heteroatoms. The van der Waals surface area contributed by atoms with Crippen LogP contribution in [0.2, 0.25) is 10.3 Å². The third kappa shape index (κ3) is 6.48. The Kier molecular flexibility index (Phi) is 7.87. The topological polar surface area (TPSA) is 88.6 Å². The second-order valence-electron chi connectivity index (χ2n) is 10.7. The number of nitrogens with zero attached hydrogens (tertiary/aromatic N) is 2. The fourth-order valence-corrected chi connectivity index (χ4v) is 5.33. The van der Waals surface area contributed by atoms with Crippen LogP contribution < -0.4 is 14.2 Å². The number of rotatable bonds is 8. The predicted molar refractivity (Wildman–Crippen MR) is 151 cm³/mol. The molecule has 1 aromatic heterocycles. The summed E-state index contributed by atoms with van der Waals surface area (Å²) in [5.74, 6) is 1.47. The number of carbonyl (C=O) groups is 1. The summed E-state index contributed by atoms with van der Waals surface area (Å²) in [6.45, 7) is 6.19. The van der Waals surface area contributed by atoms with Crippen molar-refractivity contribution < 1.29 is 33.2 Å². The van der Waals surface area contributed by atoms with Crippen LogP contribution in [-0.4, -0.2) is 54.2 Å². The molecule has 2 aromatic carbocycles. The second-order valence-corrected chi connectivity index (χ2v) is 11.4. The molecule has 0 radical (unpaired) electrons. The molecule has 216 valence electrons. The Morgan fingerprint density at radius 2 is 1.90 bits per heavy atom. The van der Waals surface area contributed by atoms with E-state index in [1.807, 2.05) is 50.2 Å². The third-order valence-electron chi connectivity index (χ3n) is 7.13. The molecule has 1 amide bonds. The van der Waals surface area contributed by atoms with E-state index in [9.17, 15) is 4.79 Å². The van der Waals surface area contributed by atoms with Crippen LogP contribution >= 0.6 is 23.2 Å². The lowest BCUT2D eigenvalue weighted by atomic mass is 10.0. The van der Waals surface area contributed by atoms with E-state index in [2.05, 4.69) is 4.98 Å². The Morgan fingerprint density at radius 1 is 1.05 bits per heavy atom. The Hall–Kier alpha value is -3.24. The van der Waals surface area contributed by atoms with Crippen molar-refractivity contribution in [2.45, 2.75) is 51.5 Å². The van der Waals surface area contributed by atoms with Gasteiger partial charge in [0.1, 0.15) is 28.8 Å². The lowest BCUT2D eigenvalue weighted by molar-refractivity contribution is -0.180. The Labute approximate surface area is 248 Å². The van der Waals surface area contributed by atoms with Crippen LogP contribution in [0.4, 0.5) is 4.79 Å². The number of pyridine rings is 1. The van der Waals surface area contributed by atoms with Crippen molar-refractivity contribution in [1.82, 2.24) is 9.88 Å².